The highest BCUT2D eigenvalue weighted by molar-refractivity contribution is 5.68. The van der Waals surface area contributed by atoms with Crippen molar-refractivity contribution >= 4 is 5.57 Å². The Balaban J connectivity index is 2.16. The van der Waals surface area contributed by atoms with Gasteiger partial charge < -0.3 is 20.1 Å². The predicted octanol–water partition coefficient (Wildman–Crippen LogP) is 5.46. The van der Waals surface area contributed by atoms with Crippen LogP contribution in [0.15, 0.2) is 60.7 Å². The van der Waals surface area contributed by atoms with E-state index in [-0.39, 0.29) is 0 Å². The molecule has 0 radical (unpaired) electrons. The largest absolute Gasteiger partial charge is 0.489 e. The topological polar surface area (TPSA) is 69.9 Å². The second-order valence-corrected chi connectivity index (χ2v) is 7.60. The summed E-state index contributed by atoms with van der Waals surface area (Å²) in [6.07, 6.45) is 6.67. The number of hydrogen-bond donors (Lipinski definition) is 3. The van der Waals surface area contributed by atoms with Crippen LogP contribution in [0.25, 0.3) is 5.57 Å². The van der Waals surface area contributed by atoms with Crippen molar-refractivity contribution in [2.75, 3.05) is 0 Å². The van der Waals surface area contributed by atoms with Gasteiger partial charge in [0.15, 0.2) is 6.29 Å². The molecular formula is C26H34O4. The van der Waals surface area contributed by atoms with Gasteiger partial charge in [-0.05, 0) is 54.5 Å². The molecule has 0 bridgehead atoms. The predicted molar refractivity (Wildman–Crippen MR) is 122 cm³/mol. The molecule has 30 heavy (non-hydrogen) atoms. The van der Waals surface area contributed by atoms with Crippen molar-refractivity contribution in [2.24, 2.45) is 0 Å². The van der Waals surface area contributed by atoms with Crippen molar-refractivity contribution in [2.45, 2.75) is 65.5 Å². The third kappa shape index (κ3) is 6.56. The third-order valence-corrected chi connectivity index (χ3v) is 5.54. The van der Waals surface area contributed by atoms with Crippen LogP contribution in [-0.4, -0.2) is 20.9 Å². The summed E-state index contributed by atoms with van der Waals surface area (Å²) < 4.78 is 6.04. The van der Waals surface area contributed by atoms with Crippen molar-refractivity contribution in [1.82, 2.24) is 0 Å². The summed E-state index contributed by atoms with van der Waals surface area (Å²) in [6.45, 7) is 8.51. The molecule has 0 aromatic heterocycles. The van der Waals surface area contributed by atoms with E-state index in [0.29, 0.717) is 25.0 Å². The highest BCUT2D eigenvalue weighted by atomic mass is 16.5. The lowest BCUT2D eigenvalue weighted by molar-refractivity contribution is -0.0425. The highest BCUT2D eigenvalue weighted by Gasteiger charge is 2.16. The maximum Gasteiger partial charge on any atom is 0.178 e. The van der Waals surface area contributed by atoms with Crippen molar-refractivity contribution in [3.05, 3.63) is 82.9 Å². The summed E-state index contributed by atoms with van der Waals surface area (Å²) >= 11 is 0. The van der Waals surface area contributed by atoms with E-state index in [1.165, 1.54) is 5.57 Å². The van der Waals surface area contributed by atoms with Crippen molar-refractivity contribution in [1.29, 1.82) is 0 Å². The average molecular weight is 411 g/mol. The van der Waals surface area contributed by atoms with Gasteiger partial charge in [0.1, 0.15) is 12.4 Å². The molecule has 2 aromatic rings. The van der Waals surface area contributed by atoms with Crippen LogP contribution >= 0.6 is 0 Å². The fourth-order valence-electron chi connectivity index (χ4n) is 3.15. The Labute approximate surface area is 180 Å². The minimum atomic E-state index is -1.46. The third-order valence-electron chi connectivity index (χ3n) is 5.54. The molecule has 2 aromatic carbocycles. The molecule has 0 aliphatic rings. The summed E-state index contributed by atoms with van der Waals surface area (Å²) in [6, 6.07) is 13.2. The van der Waals surface area contributed by atoms with Crippen LogP contribution in [0.1, 0.15) is 68.6 Å². The Kier molecular flexibility index (Phi) is 8.85. The van der Waals surface area contributed by atoms with Crippen molar-refractivity contribution in [3.63, 3.8) is 0 Å². The van der Waals surface area contributed by atoms with Crippen molar-refractivity contribution < 1.29 is 20.1 Å². The first-order chi connectivity index (χ1) is 14.3. The van der Waals surface area contributed by atoms with Crippen LogP contribution in [0.4, 0.5) is 0 Å². The van der Waals surface area contributed by atoms with Gasteiger partial charge in [-0.15, -0.1) is 0 Å². The van der Waals surface area contributed by atoms with E-state index in [2.05, 4.69) is 31.2 Å². The molecule has 0 aliphatic carbocycles. The lowest BCUT2D eigenvalue weighted by Gasteiger charge is -2.20. The van der Waals surface area contributed by atoms with Crippen LogP contribution < -0.4 is 4.74 Å². The molecule has 0 aliphatic heterocycles. The van der Waals surface area contributed by atoms with Gasteiger partial charge in [-0.25, -0.2) is 0 Å². The Bertz CT molecular complexity index is 859. The van der Waals surface area contributed by atoms with E-state index in [4.69, 9.17) is 4.74 Å². The normalized spacial score (nSPS) is 12.7. The summed E-state index contributed by atoms with van der Waals surface area (Å²) in [5, 5.41) is 28.8. The van der Waals surface area contributed by atoms with Crippen LogP contribution in [0, 0.1) is 6.92 Å². The van der Waals surface area contributed by atoms with Gasteiger partial charge in [-0.2, -0.15) is 0 Å². The molecule has 162 valence electrons. The number of rotatable bonds is 10. The van der Waals surface area contributed by atoms with Gasteiger partial charge in [0.05, 0.1) is 5.60 Å². The van der Waals surface area contributed by atoms with Crippen LogP contribution in [0.5, 0.6) is 5.75 Å². The minimum Gasteiger partial charge on any atom is -0.489 e. The molecule has 0 unspecified atom stereocenters. The molecule has 2 rings (SSSR count). The lowest BCUT2D eigenvalue weighted by atomic mass is 9.96. The molecule has 3 N–H and O–H groups in total. The molecule has 0 amide bonds. The number of aryl methyl sites for hydroxylation is 1. The van der Waals surface area contributed by atoms with Crippen LogP contribution in [0.3, 0.4) is 0 Å². The first-order valence-electron chi connectivity index (χ1n) is 10.6. The average Bonchev–Trinajstić information content (AvgIpc) is 2.76. The Morgan fingerprint density at radius 1 is 1.03 bits per heavy atom. The smallest absolute Gasteiger partial charge is 0.178 e. The first kappa shape index (κ1) is 23.9. The van der Waals surface area contributed by atoms with Gasteiger partial charge in [0.25, 0.3) is 0 Å². The Morgan fingerprint density at radius 2 is 1.70 bits per heavy atom. The zero-order valence-corrected chi connectivity index (χ0v) is 18.4. The van der Waals surface area contributed by atoms with Crippen LogP contribution in [0.2, 0.25) is 0 Å². The fraction of sp³-hybridized carbons (Fsp3) is 0.385. The Morgan fingerprint density at radius 3 is 2.27 bits per heavy atom. The molecule has 0 fully saturated rings. The second-order valence-electron chi connectivity index (χ2n) is 7.60. The van der Waals surface area contributed by atoms with Gasteiger partial charge in [0, 0.05) is 5.56 Å². The maximum atomic E-state index is 10.4. The molecule has 0 spiro atoms. The van der Waals surface area contributed by atoms with E-state index in [9.17, 15) is 15.3 Å². The van der Waals surface area contributed by atoms with Gasteiger partial charge >= 0.3 is 0 Å². The van der Waals surface area contributed by atoms with E-state index in [0.717, 1.165) is 28.9 Å². The lowest BCUT2D eigenvalue weighted by Crippen LogP contribution is -2.22. The van der Waals surface area contributed by atoms with Crippen LogP contribution in [-0.2, 0) is 6.61 Å². The Hall–Kier alpha value is -2.40. The number of allylic oxidation sites excluding steroid dienone is 3. The van der Waals surface area contributed by atoms with E-state index >= 15 is 0 Å². The standard InChI is InChI=1S/C26H34O4/c1-5-21(9-8-16-26(29,6-2)7-3)23-13-10-19(4)24(17-23)30-18-20-11-14-22(15-12-20)25(27)28/h8-17,25,27-29H,5-7,18H2,1-4H3. The SMILES string of the molecule is CCC(=CC=CC(O)(CC)CC)c1ccc(C)c(OCc2ccc(C(O)O)cc2)c1. The molecule has 4 nitrogen and oxygen atoms in total. The quantitative estimate of drug-likeness (QED) is 0.359. The molecule has 0 heterocycles. The summed E-state index contributed by atoms with van der Waals surface area (Å²) in [7, 11) is 0. The van der Waals surface area contributed by atoms with Gasteiger partial charge in [-0.3, -0.25) is 0 Å². The molecule has 0 atom stereocenters. The van der Waals surface area contributed by atoms with Crippen molar-refractivity contribution in [3.8, 4) is 5.75 Å². The van der Waals surface area contributed by atoms with E-state index in [1.54, 1.807) is 12.1 Å². The number of hydrogen-bond acceptors (Lipinski definition) is 4. The zero-order chi connectivity index (χ0) is 22.1. The summed E-state index contributed by atoms with van der Waals surface area (Å²) in [4.78, 5) is 0. The molecule has 0 saturated carbocycles. The zero-order valence-electron chi connectivity index (χ0n) is 18.4. The number of aliphatic hydroxyl groups excluding tert-OH is 1. The minimum absolute atomic E-state index is 0.400. The highest BCUT2D eigenvalue weighted by Crippen LogP contribution is 2.27. The van der Waals surface area contributed by atoms with Gasteiger partial charge in [0.2, 0.25) is 0 Å². The first-order valence-corrected chi connectivity index (χ1v) is 10.6. The molecule has 4 heteroatoms. The molecule has 0 saturated heterocycles. The van der Waals surface area contributed by atoms with E-state index in [1.807, 2.05) is 45.1 Å². The molecular weight excluding hydrogens is 376 g/mol. The van der Waals surface area contributed by atoms with E-state index < -0.39 is 11.9 Å². The summed E-state index contributed by atoms with van der Waals surface area (Å²) in [5.41, 5.74) is 3.99. The number of benzene rings is 2. The van der Waals surface area contributed by atoms with Gasteiger partial charge in [-0.1, -0.05) is 75.4 Å². The monoisotopic (exact) mass is 410 g/mol. The summed E-state index contributed by atoms with van der Waals surface area (Å²) in [5.74, 6) is 0.820. The number of ether oxygens (including phenoxy) is 1. The number of aliphatic hydroxyl groups is 3. The fourth-order valence-corrected chi connectivity index (χ4v) is 3.15. The second kappa shape index (κ2) is 11.1. The maximum absolute atomic E-state index is 10.4.